The first-order valence-corrected chi connectivity index (χ1v) is 6.55. The number of benzene rings is 1. The van der Waals surface area contributed by atoms with Crippen molar-refractivity contribution in [2.45, 2.75) is 0 Å². The van der Waals surface area contributed by atoms with Gasteiger partial charge in [0.15, 0.2) is 0 Å². The molecule has 2 heterocycles. The van der Waals surface area contributed by atoms with Crippen LogP contribution in [-0.2, 0) is 0 Å². The Morgan fingerprint density at radius 2 is 1.95 bits per heavy atom. The van der Waals surface area contributed by atoms with Crippen LogP contribution in [0.2, 0.25) is 0 Å². The van der Waals surface area contributed by atoms with Crippen LogP contribution >= 0.6 is 12.4 Å². The zero-order chi connectivity index (χ0) is 13.1. The minimum Gasteiger partial charge on any atom is -0.366 e. The molecule has 0 saturated carbocycles. The molecule has 1 saturated heterocycles. The summed E-state index contributed by atoms with van der Waals surface area (Å²) in [6, 6.07) is 9.94. The standard InChI is InChI=1S/C15H17N3O.ClH/c19-15(18-8-11-6-16-7-11)14-10-17-9-13(14)12-4-2-1-3-5-12;/h1-5,9-11,16-17H,6-8H2,(H,18,19);1H. The average molecular weight is 292 g/mol. The maximum absolute atomic E-state index is 12.2. The van der Waals surface area contributed by atoms with Crippen molar-refractivity contribution < 1.29 is 4.79 Å². The second kappa shape index (κ2) is 6.59. The lowest BCUT2D eigenvalue weighted by Gasteiger charge is -2.27. The summed E-state index contributed by atoms with van der Waals surface area (Å²) in [5, 5.41) is 6.20. The van der Waals surface area contributed by atoms with Gasteiger partial charge in [-0.05, 0) is 5.56 Å². The number of aromatic nitrogens is 1. The third kappa shape index (κ3) is 3.03. The Kier molecular flexibility index (Phi) is 4.82. The van der Waals surface area contributed by atoms with Gasteiger partial charge in [-0.25, -0.2) is 0 Å². The molecule has 20 heavy (non-hydrogen) atoms. The molecule has 5 heteroatoms. The molecule has 3 rings (SSSR count). The fraction of sp³-hybridized carbons (Fsp3) is 0.267. The maximum atomic E-state index is 12.2. The highest BCUT2D eigenvalue weighted by Crippen LogP contribution is 2.23. The van der Waals surface area contributed by atoms with Crippen molar-refractivity contribution in [1.29, 1.82) is 0 Å². The van der Waals surface area contributed by atoms with Gasteiger partial charge in [0.1, 0.15) is 0 Å². The van der Waals surface area contributed by atoms with Gasteiger partial charge in [-0.15, -0.1) is 12.4 Å². The average Bonchev–Trinajstić information content (AvgIpc) is 2.87. The molecule has 2 aromatic rings. The quantitative estimate of drug-likeness (QED) is 0.807. The van der Waals surface area contributed by atoms with Gasteiger partial charge < -0.3 is 15.6 Å². The Morgan fingerprint density at radius 1 is 1.20 bits per heavy atom. The van der Waals surface area contributed by atoms with Crippen molar-refractivity contribution in [1.82, 2.24) is 15.6 Å². The largest absolute Gasteiger partial charge is 0.366 e. The van der Waals surface area contributed by atoms with Crippen molar-refractivity contribution in [3.63, 3.8) is 0 Å². The lowest BCUT2D eigenvalue weighted by molar-refractivity contribution is 0.0943. The lowest BCUT2D eigenvalue weighted by Crippen LogP contribution is -2.48. The molecule has 1 aliphatic heterocycles. The zero-order valence-corrected chi connectivity index (χ0v) is 11.9. The molecule has 0 spiro atoms. The molecule has 1 aromatic carbocycles. The van der Waals surface area contributed by atoms with Crippen molar-refractivity contribution >= 4 is 18.3 Å². The summed E-state index contributed by atoms with van der Waals surface area (Å²) >= 11 is 0. The summed E-state index contributed by atoms with van der Waals surface area (Å²) in [4.78, 5) is 15.2. The molecule has 1 aromatic heterocycles. The van der Waals surface area contributed by atoms with Crippen LogP contribution in [0.15, 0.2) is 42.7 Å². The molecule has 3 N–H and O–H groups in total. The van der Waals surface area contributed by atoms with Crippen LogP contribution in [0.3, 0.4) is 0 Å². The van der Waals surface area contributed by atoms with E-state index in [0.717, 1.165) is 30.8 Å². The van der Waals surface area contributed by atoms with Gasteiger partial charge in [0.2, 0.25) is 0 Å². The topological polar surface area (TPSA) is 56.9 Å². The molecule has 0 atom stereocenters. The molecule has 1 aliphatic rings. The minimum atomic E-state index is -0.00740. The number of nitrogens with one attached hydrogen (secondary N) is 3. The first kappa shape index (κ1) is 14.6. The van der Waals surface area contributed by atoms with E-state index < -0.39 is 0 Å². The molecule has 0 bridgehead atoms. The maximum Gasteiger partial charge on any atom is 0.253 e. The lowest BCUT2D eigenvalue weighted by atomic mass is 10.0. The van der Waals surface area contributed by atoms with Crippen LogP contribution in [0.1, 0.15) is 10.4 Å². The van der Waals surface area contributed by atoms with Crippen LogP contribution in [0.5, 0.6) is 0 Å². The molecule has 1 amide bonds. The summed E-state index contributed by atoms with van der Waals surface area (Å²) in [5.74, 6) is 0.565. The normalized spacial score (nSPS) is 14.2. The predicted octanol–water partition coefficient (Wildman–Crippen LogP) is 2.05. The van der Waals surface area contributed by atoms with E-state index in [4.69, 9.17) is 0 Å². The summed E-state index contributed by atoms with van der Waals surface area (Å²) in [7, 11) is 0. The van der Waals surface area contributed by atoms with Gasteiger partial charge >= 0.3 is 0 Å². The highest BCUT2D eigenvalue weighted by atomic mass is 35.5. The SMILES string of the molecule is Cl.O=C(NCC1CNC1)c1c[nH]cc1-c1ccccc1. The van der Waals surface area contributed by atoms with Crippen molar-refractivity contribution in [2.75, 3.05) is 19.6 Å². The third-order valence-electron chi connectivity index (χ3n) is 3.49. The minimum absolute atomic E-state index is 0. The van der Waals surface area contributed by atoms with E-state index in [0.29, 0.717) is 11.5 Å². The Bertz CT molecular complexity index is 564. The second-order valence-electron chi connectivity index (χ2n) is 4.88. The van der Waals surface area contributed by atoms with Gasteiger partial charge in [0.05, 0.1) is 5.56 Å². The van der Waals surface area contributed by atoms with Gasteiger partial charge in [0.25, 0.3) is 5.91 Å². The van der Waals surface area contributed by atoms with Crippen LogP contribution in [-0.4, -0.2) is 30.5 Å². The number of aromatic amines is 1. The molecule has 4 nitrogen and oxygen atoms in total. The number of H-pyrrole nitrogens is 1. The number of hydrogen-bond acceptors (Lipinski definition) is 2. The molecule has 1 fully saturated rings. The Hall–Kier alpha value is -1.78. The van der Waals surface area contributed by atoms with E-state index >= 15 is 0 Å². The van der Waals surface area contributed by atoms with Crippen molar-refractivity contribution in [3.8, 4) is 11.1 Å². The summed E-state index contributed by atoms with van der Waals surface area (Å²) < 4.78 is 0. The van der Waals surface area contributed by atoms with Crippen LogP contribution in [0.4, 0.5) is 0 Å². The zero-order valence-electron chi connectivity index (χ0n) is 11.1. The first-order valence-electron chi connectivity index (χ1n) is 6.55. The first-order chi connectivity index (χ1) is 9.34. The fourth-order valence-electron chi connectivity index (χ4n) is 2.23. The predicted molar refractivity (Wildman–Crippen MR) is 82.2 cm³/mol. The van der Waals surface area contributed by atoms with E-state index in [1.165, 1.54) is 0 Å². The van der Waals surface area contributed by atoms with E-state index in [9.17, 15) is 4.79 Å². The Labute approximate surface area is 124 Å². The molecule has 0 radical (unpaired) electrons. The van der Waals surface area contributed by atoms with Crippen LogP contribution in [0, 0.1) is 5.92 Å². The number of halogens is 1. The van der Waals surface area contributed by atoms with E-state index in [-0.39, 0.29) is 18.3 Å². The molecule has 106 valence electrons. The molecular formula is C15H18ClN3O. The number of carbonyl (C=O) groups excluding carboxylic acids is 1. The number of hydrogen-bond donors (Lipinski definition) is 3. The van der Waals surface area contributed by atoms with Gasteiger partial charge in [-0.2, -0.15) is 0 Å². The Morgan fingerprint density at radius 3 is 2.60 bits per heavy atom. The number of amides is 1. The second-order valence-corrected chi connectivity index (χ2v) is 4.88. The van der Waals surface area contributed by atoms with Gasteiger partial charge in [0, 0.05) is 43.5 Å². The van der Waals surface area contributed by atoms with E-state index in [1.807, 2.05) is 36.5 Å². The Balaban J connectivity index is 0.00000147. The summed E-state index contributed by atoms with van der Waals surface area (Å²) in [5.41, 5.74) is 2.71. The number of rotatable bonds is 4. The van der Waals surface area contributed by atoms with E-state index in [2.05, 4.69) is 15.6 Å². The van der Waals surface area contributed by atoms with Crippen LogP contribution in [0.25, 0.3) is 11.1 Å². The highest BCUT2D eigenvalue weighted by molar-refractivity contribution is 6.00. The van der Waals surface area contributed by atoms with Crippen molar-refractivity contribution in [3.05, 3.63) is 48.3 Å². The smallest absolute Gasteiger partial charge is 0.253 e. The van der Waals surface area contributed by atoms with Crippen LogP contribution < -0.4 is 10.6 Å². The summed E-state index contributed by atoms with van der Waals surface area (Å²) in [6.07, 6.45) is 3.63. The van der Waals surface area contributed by atoms with Crippen molar-refractivity contribution in [2.24, 2.45) is 5.92 Å². The number of carbonyl (C=O) groups is 1. The van der Waals surface area contributed by atoms with Gasteiger partial charge in [-0.1, -0.05) is 30.3 Å². The fourth-order valence-corrected chi connectivity index (χ4v) is 2.23. The third-order valence-corrected chi connectivity index (χ3v) is 3.49. The molecule has 0 unspecified atom stereocenters. The highest BCUT2D eigenvalue weighted by Gasteiger charge is 2.19. The molecular weight excluding hydrogens is 274 g/mol. The van der Waals surface area contributed by atoms with Gasteiger partial charge in [-0.3, -0.25) is 4.79 Å². The molecule has 0 aliphatic carbocycles. The summed E-state index contributed by atoms with van der Waals surface area (Å²) in [6.45, 7) is 2.74. The monoisotopic (exact) mass is 291 g/mol. The van der Waals surface area contributed by atoms with E-state index in [1.54, 1.807) is 6.20 Å².